The Kier molecular flexibility index (Phi) is 3.21. The zero-order chi connectivity index (χ0) is 10.7. The zero-order valence-electron chi connectivity index (χ0n) is 9.19. The van der Waals surface area contributed by atoms with Crippen LogP contribution in [0.4, 0.5) is 5.69 Å². The topological polar surface area (TPSA) is 36.4 Å². The summed E-state index contributed by atoms with van der Waals surface area (Å²) in [6, 6.07) is 1.90. The predicted octanol–water partition coefficient (Wildman–Crippen LogP) is 1.81. The Morgan fingerprint density at radius 1 is 1.47 bits per heavy atom. The molecule has 1 aromatic heterocycles. The molecule has 2 heterocycles. The van der Waals surface area contributed by atoms with Crippen LogP contribution in [0.2, 0.25) is 0 Å². The van der Waals surface area contributed by atoms with Crippen LogP contribution in [0.15, 0.2) is 18.5 Å². The summed E-state index contributed by atoms with van der Waals surface area (Å²) < 4.78 is 0. The summed E-state index contributed by atoms with van der Waals surface area (Å²) in [6.07, 6.45) is 6.07. The Bertz CT molecular complexity index is 319. The van der Waals surface area contributed by atoms with Gasteiger partial charge in [0.2, 0.25) is 0 Å². The molecule has 0 aromatic carbocycles. The molecule has 1 aliphatic rings. The Labute approximate surface area is 90.8 Å². The highest BCUT2D eigenvalue weighted by atomic mass is 16.3. The lowest BCUT2D eigenvalue weighted by atomic mass is 9.98. The standard InChI is InChI=1S/C12H18N2O/c1-10-3-6-14(7-4-10)12-8-13-5-2-11(12)9-15/h2,5,8,10,15H,3-4,6-7,9H2,1H3. The number of hydrogen-bond acceptors (Lipinski definition) is 3. The normalized spacial score (nSPS) is 18.1. The first-order valence-electron chi connectivity index (χ1n) is 5.60. The van der Waals surface area contributed by atoms with E-state index in [1.165, 1.54) is 12.8 Å². The second kappa shape index (κ2) is 4.62. The van der Waals surface area contributed by atoms with Crippen LogP contribution in [0.1, 0.15) is 25.3 Å². The van der Waals surface area contributed by atoms with E-state index < -0.39 is 0 Å². The fourth-order valence-corrected chi connectivity index (χ4v) is 2.08. The lowest BCUT2D eigenvalue weighted by molar-refractivity contribution is 0.281. The molecule has 0 unspecified atom stereocenters. The number of anilines is 1. The van der Waals surface area contributed by atoms with E-state index in [2.05, 4.69) is 16.8 Å². The lowest BCUT2D eigenvalue weighted by Gasteiger charge is -2.32. The number of aliphatic hydroxyl groups excluding tert-OH is 1. The van der Waals surface area contributed by atoms with Crippen molar-refractivity contribution in [1.29, 1.82) is 0 Å². The number of piperidine rings is 1. The third kappa shape index (κ3) is 2.29. The van der Waals surface area contributed by atoms with Crippen LogP contribution >= 0.6 is 0 Å². The quantitative estimate of drug-likeness (QED) is 0.801. The molecule has 0 bridgehead atoms. The van der Waals surface area contributed by atoms with E-state index in [9.17, 15) is 5.11 Å². The average molecular weight is 206 g/mol. The Balaban J connectivity index is 2.15. The van der Waals surface area contributed by atoms with Crippen molar-refractivity contribution in [3.05, 3.63) is 24.0 Å². The molecule has 1 saturated heterocycles. The summed E-state index contributed by atoms with van der Waals surface area (Å²) in [5.41, 5.74) is 2.09. The molecule has 3 heteroatoms. The van der Waals surface area contributed by atoms with Crippen LogP contribution in [-0.4, -0.2) is 23.2 Å². The Morgan fingerprint density at radius 3 is 2.87 bits per heavy atom. The minimum absolute atomic E-state index is 0.101. The number of pyridine rings is 1. The van der Waals surface area contributed by atoms with Gasteiger partial charge in [0.25, 0.3) is 0 Å². The first kappa shape index (κ1) is 10.4. The summed E-state index contributed by atoms with van der Waals surface area (Å²) >= 11 is 0. The van der Waals surface area contributed by atoms with Crippen LogP contribution in [0.3, 0.4) is 0 Å². The maximum absolute atomic E-state index is 9.25. The van der Waals surface area contributed by atoms with Crippen molar-refractivity contribution in [3.8, 4) is 0 Å². The van der Waals surface area contributed by atoms with Crippen LogP contribution < -0.4 is 4.90 Å². The van der Waals surface area contributed by atoms with E-state index >= 15 is 0 Å². The zero-order valence-corrected chi connectivity index (χ0v) is 9.19. The van der Waals surface area contributed by atoms with Gasteiger partial charge < -0.3 is 10.0 Å². The van der Waals surface area contributed by atoms with Crippen molar-refractivity contribution in [2.45, 2.75) is 26.4 Å². The maximum Gasteiger partial charge on any atom is 0.0703 e. The number of hydrogen-bond donors (Lipinski definition) is 1. The molecule has 0 radical (unpaired) electrons. The minimum atomic E-state index is 0.101. The fourth-order valence-electron chi connectivity index (χ4n) is 2.08. The third-order valence-electron chi connectivity index (χ3n) is 3.18. The number of rotatable bonds is 2. The van der Waals surface area contributed by atoms with Crippen molar-refractivity contribution >= 4 is 5.69 Å². The van der Waals surface area contributed by atoms with Crippen LogP contribution in [0, 0.1) is 5.92 Å². The van der Waals surface area contributed by atoms with Gasteiger partial charge in [0.05, 0.1) is 18.5 Å². The molecule has 0 saturated carbocycles. The number of aromatic nitrogens is 1. The first-order valence-corrected chi connectivity index (χ1v) is 5.60. The molecule has 1 N–H and O–H groups in total. The highest BCUT2D eigenvalue weighted by Gasteiger charge is 2.17. The van der Waals surface area contributed by atoms with Gasteiger partial charge in [-0.2, -0.15) is 0 Å². The van der Waals surface area contributed by atoms with Crippen molar-refractivity contribution < 1.29 is 5.11 Å². The van der Waals surface area contributed by atoms with E-state index in [1.54, 1.807) is 6.20 Å². The van der Waals surface area contributed by atoms with Crippen LogP contribution in [0.25, 0.3) is 0 Å². The first-order chi connectivity index (χ1) is 7.31. The monoisotopic (exact) mass is 206 g/mol. The highest BCUT2D eigenvalue weighted by molar-refractivity contribution is 5.51. The molecule has 1 fully saturated rings. The highest BCUT2D eigenvalue weighted by Crippen LogP contribution is 2.25. The molecule has 0 atom stereocenters. The van der Waals surface area contributed by atoms with Crippen molar-refractivity contribution in [1.82, 2.24) is 4.98 Å². The van der Waals surface area contributed by atoms with Gasteiger partial charge in [-0.25, -0.2) is 0 Å². The molecule has 1 aliphatic heterocycles. The molecule has 3 nitrogen and oxygen atoms in total. The van der Waals surface area contributed by atoms with Crippen molar-refractivity contribution in [3.63, 3.8) is 0 Å². The fraction of sp³-hybridized carbons (Fsp3) is 0.583. The molecular formula is C12H18N2O. The van der Waals surface area contributed by atoms with Gasteiger partial charge in [0.15, 0.2) is 0 Å². The van der Waals surface area contributed by atoms with Crippen molar-refractivity contribution in [2.24, 2.45) is 5.92 Å². The van der Waals surface area contributed by atoms with Crippen molar-refractivity contribution in [2.75, 3.05) is 18.0 Å². The van der Waals surface area contributed by atoms with Gasteiger partial charge in [-0.05, 0) is 24.8 Å². The smallest absolute Gasteiger partial charge is 0.0703 e. The summed E-state index contributed by atoms with van der Waals surface area (Å²) in [5, 5.41) is 9.25. The van der Waals surface area contributed by atoms with E-state index in [0.29, 0.717) is 0 Å². The van der Waals surface area contributed by atoms with Gasteiger partial charge in [-0.1, -0.05) is 6.92 Å². The number of aliphatic hydroxyl groups is 1. The molecule has 2 rings (SSSR count). The van der Waals surface area contributed by atoms with Gasteiger partial charge >= 0.3 is 0 Å². The summed E-state index contributed by atoms with van der Waals surface area (Å²) in [5.74, 6) is 0.829. The van der Waals surface area contributed by atoms with Gasteiger partial charge in [-0.3, -0.25) is 4.98 Å². The largest absolute Gasteiger partial charge is 0.392 e. The Hall–Kier alpha value is -1.09. The van der Waals surface area contributed by atoms with Gasteiger partial charge in [0.1, 0.15) is 0 Å². The average Bonchev–Trinajstić information content (AvgIpc) is 2.30. The third-order valence-corrected chi connectivity index (χ3v) is 3.18. The SMILES string of the molecule is CC1CCN(c2cnccc2CO)CC1. The van der Waals surface area contributed by atoms with E-state index in [4.69, 9.17) is 0 Å². The summed E-state index contributed by atoms with van der Waals surface area (Å²) in [7, 11) is 0. The Morgan fingerprint density at radius 2 is 2.20 bits per heavy atom. The predicted molar refractivity (Wildman–Crippen MR) is 60.8 cm³/mol. The molecule has 82 valence electrons. The number of nitrogens with zero attached hydrogens (tertiary/aromatic N) is 2. The maximum atomic E-state index is 9.25. The lowest BCUT2D eigenvalue weighted by Crippen LogP contribution is -2.33. The van der Waals surface area contributed by atoms with Crippen LogP contribution in [-0.2, 0) is 6.61 Å². The summed E-state index contributed by atoms with van der Waals surface area (Å²) in [4.78, 5) is 6.47. The van der Waals surface area contributed by atoms with Gasteiger partial charge in [0, 0.05) is 24.8 Å². The minimum Gasteiger partial charge on any atom is -0.392 e. The van der Waals surface area contributed by atoms with Gasteiger partial charge in [-0.15, -0.1) is 0 Å². The second-order valence-electron chi connectivity index (χ2n) is 4.33. The molecule has 0 spiro atoms. The van der Waals surface area contributed by atoms with E-state index in [1.807, 2.05) is 12.3 Å². The molecule has 0 amide bonds. The molecule has 1 aromatic rings. The summed E-state index contributed by atoms with van der Waals surface area (Å²) in [6.45, 7) is 4.57. The second-order valence-corrected chi connectivity index (χ2v) is 4.33. The van der Waals surface area contributed by atoms with E-state index in [0.717, 1.165) is 30.3 Å². The molecular weight excluding hydrogens is 188 g/mol. The molecule has 15 heavy (non-hydrogen) atoms. The van der Waals surface area contributed by atoms with E-state index in [-0.39, 0.29) is 6.61 Å². The molecule has 0 aliphatic carbocycles. The van der Waals surface area contributed by atoms with Crippen LogP contribution in [0.5, 0.6) is 0 Å².